The van der Waals surface area contributed by atoms with Gasteiger partial charge in [-0.15, -0.1) is 0 Å². The second-order valence-electron chi connectivity index (χ2n) is 7.43. The van der Waals surface area contributed by atoms with Crippen molar-refractivity contribution >= 4 is 24.3 Å². The predicted molar refractivity (Wildman–Crippen MR) is 104 cm³/mol. The molecule has 0 aromatic heterocycles. The maximum atomic E-state index is 13.1. The van der Waals surface area contributed by atoms with Crippen LogP contribution in [0.25, 0.3) is 0 Å². The number of carbonyl (C=O) groups excluding carboxylic acids is 1. The second-order valence-corrected chi connectivity index (χ2v) is 21.6. The molecule has 1 aliphatic rings. The van der Waals surface area contributed by atoms with Crippen LogP contribution in [-0.4, -0.2) is 43.7 Å². The van der Waals surface area contributed by atoms with Crippen molar-refractivity contribution in [2.24, 2.45) is 0 Å². The van der Waals surface area contributed by atoms with Crippen LogP contribution in [0.2, 0.25) is 16.7 Å². The molecule has 0 radical (unpaired) electrons. The van der Waals surface area contributed by atoms with Gasteiger partial charge < -0.3 is 0 Å². The van der Waals surface area contributed by atoms with Crippen LogP contribution in [0.3, 0.4) is 0 Å². The van der Waals surface area contributed by atoms with Crippen molar-refractivity contribution in [3.05, 3.63) is 0 Å². The van der Waals surface area contributed by atoms with Crippen molar-refractivity contribution in [3.8, 4) is 0 Å². The van der Waals surface area contributed by atoms with E-state index in [1.165, 1.54) is 51.8 Å². The number of carbonyl (C=O) groups is 1. The Morgan fingerprint density at radius 2 is 1.42 bits per heavy atom. The van der Waals surface area contributed by atoms with E-state index in [0.29, 0.717) is 13.2 Å². The van der Waals surface area contributed by atoms with Crippen molar-refractivity contribution in [3.63, 3.8) is 0 Å². The van der Waals surface area contributed by atoms with Gasteiger partial charge in [-0.3, -0.25) is 0 Å². The molecule has 0 aliphatic heterocycles. The van der Waals surface area contributed by atoms with Crippen LogP contribution in [0.1, 0.15) is 79.6 Å². The van der Waals surface area contributed by atoms with Gasteiger partial charge in [0.1, 0.15) is 0 Å². The number of hydrogen-bond donors (Lipinski definition) is 0. The Kier molecular flexibility index (Phi) is 10.3. The van der Waals surface area contributed by atoms with Crippen LogP contribution in [0.5, 0.6) is 0 Å². The van der Waals surface area contributed by atoms with Crippen molar-refractivity contribution in [2.75, 3.05) is 13.2 Å². The summed E-state index contributed by atoms with van der Waals surface area (Å²) < 4.78 is 15.5. The summed E-state index contributed by atoms with van der Waals surface area (Å²) in [6.07, 6.45) is 8.64. The van der Waals surface area contributed by atoms with Crippen LogP contribution in [-0.2, 0) is 14.3 Å². The predicted octanol–water partition coefficient (Wildman–Crippen LogP) is 5.95. The molecule has 1 aliphatic carbocycles. The van der Waals surface area contributed by atoms with Crippen molar-refractivity contribution in [2.45, 2.75) is 102 Å². The summed E-state index contributed by atoms with van der Waals surface area (Å²) in [4.78, 5) is 13.1. The second kappa shape index (κ2) is 11.1. The van der Waals surface area contributed by atoms with Gasteiger partial charge in [0.05, 0.1) is 0 Å². The third-order valence-corrected chi connectivity index (χ3v) is 24.6. The molecule has 0 spiro atoms. The molecule has 0 unspecified atom stereocenters. The fourth-order valence-electron chi connectivity index (χ4n) is 4.47. The van der Waals surface area contributed by atoms with E-state index in [1.807, 2.05) is 6.92 Å². The number of unbranched alkanes of at least 4 members (excludes halogenated alkanes) is 3. The summed E-state index contributed by atoms with van der Waals surface area (Å²) in [5.74, 6) is 0.0996. The van der Waals surface area contributed by atoms with E-state index in [0.717, 1.165) is 6.42 Å². The van der Waals surface area contributed by atoms with E-state index in [2.05, 4.69) is 27.7 Å². The van der Waals surface area contributed by atoms with Crippen molar-refractivity contribution < 1.29 is 14.3 Å². The molecule has 0 aromatic rings. The summed E-state index contributed by atoms with van der Waals surface area (Å²) >= 11 is -2.71. The van der Waals surface area contributed by atoms with Gasteiger partial charge in [0, 0.05) is 0 Å². The average Bonchev–Trinajstić information content (AvgIpc) is 3.31. The van der Waals surface area contributed by atoms with E-state index >= 15 is 0 Å². The zero-order valence-electron chi connectivity index (χ0n) is 16.8. The summed E-state index contributed by atoms with van der Waals surface area (Å²) in [6.45, 7) is 12.0. The topological polar surface area (TPSA) is 35.5 Å². The zero-order chi connectivity index (χ0) is 18.1. The van der Waals surface area contributed by atoms with Gasteiger partial charge in [-0.05, 0) is 0 Å². The maximum absolute atomic E-state index is 13.1. The summed E-state index contributed by atoms with van der Waals surface area (Å²) in [5, 5.41) is 0. The molecule has 142 valence electrons. The van der Waals surface area contributed by atoms with E-state index in [4.69, 9.17) is 9.47 Å². The fourth-order valence-corrected chi connectivity index (χ4v) is 24.7. The van der Waals surface area contributed by atoms with E-state index in [9.17, 15) is 4.79 Å². The Morgan fingerprint density at radius 1 is 0.917 bits per heavy atom. The third kappa shape index (κ3) is 4.90. The van der Waals surface area contributed by atoms with Crippen LogP contribution >= 0.6 is 0 Å². The van der Waals surface area contributed by atoms with Crippen molar-refractivity contribution in [1.82, 2.24) is 0 Å². The average molecular weight is 447 g/mol. The molecule has 0 saturated heterocycles. The monoisotopic (exact) mass is 448 g/mol. The fraction of sp³-hybridized carbons (Fsp3) is 0.950. The third-order valence-electron chi connectivity index (χ3n) is 5.88. The molecule has 1 saturated carbocycles. The minimum atomic E-state index is -2.71. The van der Waals surface area contributed by atoms with Gasteiger partial charge in [-0.1, -0.05) is 0 Å². The molecule has 1 fully saturated rings. The first-order valence-corrected chi connectivity index (χ1v) is 17.8. The molecule has 4 heteroatoms. The Morgan fingerprint density at radius 3 is 1.79 bits per heavy atom. The van der Waals surface area contributed by atoms with Gasteiger partial charge in [0.2, 0.25) is 0 Å². The van der Waals surface area contributed by atoms with Crippen LogP contribution in [0, 0.1) is 0 Å². The van der Waals surface area contributed by atoms with Crippen LogP contribution < -0.4 is 0 Å². The molecule has 24 heavy (non-hydrogen) atoms. The van der Waals surface area contributed by atoms with Gasteiger partial charge in [-0.25, -0.2) is 0 Å². The SMILES string of the molecule is CCC[CH2][Sn]([CH2]CCC)([CH2]CCC)[C@@]1(C(=O)OCC)C[C@H]1OCC. The Bertz CT molecular complexity index is 350. The molecule has 2 atom stereocenters. The zero-order valence-corrected chi connectivity index (χ0v) is 19.6. The summed E-state index contributed by atoms with van der Waals surface area (Å²) in [5.41, 5.74) is 0. The van der Waals surface area contributed by atoms with Crippen molar-refractivity contribution in [1.29, 1.82) is 0 Å². The Labute approximate surface area is 154 Å². The summed E-state index contributed by atoms with van der Waals surface area (Å²) in [7, 11) is 0. The van der Waals surface area contributed by atoms with Crippen LogP contribution in [0.4, 0.5) is 0 Å². The van der Waals surface area contributed by atoms with E-state index < -0.39 is 18.4 Å². The molecule has 0 amide bonds. The molecular formula is C20H40O3Sn. The molecule has 0 N–H and O–H groups in total. The first kappa shape index (κ1) is 22.3. The molecule has 3 nitrogen and oxygen atoms in total. The number of rotatable bonds is 14. The molecule has 1 rings (SSSR count). The van der Waals surface area contributed by atoms with E-state index in [1.54, 1.807) is 0 Å². The molecular weight excluding hydrogens is 407 g/mol. The number of esters is 1. The first-order valence-electron chi connectivity index (χ1n) is 10.4. The first-order chi connectivity index (χ1) is 11.6. The van der Waals surface area contributed by atoms with Gasteiger partial charge in [0.25, 0.3) is 0 Å². The summed E-state index contributed by atoms with van der Waals surface area (Å²) in [6, 6.07) is 0. The van der Waals surface area contributed by atoms with Crippen LogP contribution in [0.15, 0.2) is 0 Å². The standard InChI is InChI=1S/C8H13O3.3C4H9.Sn/c1-3-10-7-5-6(7)8(9)11-4-2;3*1-3-4-2;/h7H,3-5H2,1-2H3;3*1,3-4H2,2H3;/t7-;;;;/m1..../s1. The minimum absolute atomic E-state index is 0.0996. The van der Waals surface area contributed by atoms with Gasteiger partial charge >= 0.3 is 154 Å². The van der Waals surface area contributed by atoms with Gasteiger partial charge in [-0.2, -0.15) is 0 Å². The van der Waals surface area contributed by atoms with E-state index in [-0.39, 0.29) is 15.5 Å². The molecule has 0 bridgehead atoms. The normalized spacial score (nSPS) is 23.3. The molecule has 0 aromatic carbocycles. The quantitative estimate of drug-likeness (QED) is 0.244. The number of ether oxygens (including phenoxy) is 2. The Hall–Kier alpha value is 0.229. The molecule has 0 heterocycles. The van der Waals surface area contributed by atoms with Gasteiger partial charge in [0.15, 0.2) is 0 Å². The Balaban J connectivity index is 3.18. The number of hydrogen-bond acceptors (Lipinski definition) is 3.